The molecule has 0 N–H and O–H groups in total. The second-order valence-electron chi connectivity index (χ2n) is 3.12. The molecule has 0 saturated heterocycles. The summed E-state index contributed by atoms with van der Waals surface area (Å²) in [5.41, 5.74) is 1.55. The van der Waals surface area contributed by atoms with Gasteiger partial charge in [-0.25, -0.2) is 0 Å². The lowest BCUT2D eigenvalue weighted by atomic mass is 9.94. The van der Waals surface area contributed by atoms with Crippen molar-refractivity contribution in [2.45, 2.75) is 45.1 Å². The van der Waals surface area contributed by atoms with Gasteiger partial charge in [-0.3, -0.25) is 0 Å². The Labute approximate surface area is 74.4 Å². The van der Waals surface area contributed by atoms with Crippen molar-refractivity contribution in [1.29, 1.82) is 0 Å². The van der Waals surface area contributed by atoms with Gasteiger partial charge in [0.25, 0.3) is 0 Å². The second kappa shape index (κ2) is 4.83. The average Bonchev–Trinajstić information content (AvgIpc) is 2.06. The van der Waals surface area contributed by atoms with Gasteiger partial charge in [-0.2, -0.15) is 0 Å². The summed E-state index contributed by atoms with van der Waals surface area (Å²) in [6.45, 7) is 2.21. The highest BCUT2D eigenvalue weighted by molar-refractivity contribution is 7.75. The van der Waals surface area contributed by atoms with Gasteiger partial charge in [0.2, 0.25) is 0 Å². The Balaban J connectivity index is 2.35. The Morgan fingerprint density at radius 3 is 3.18 bits per heavy atom. The minimum atomic E-state index is 0.366. The summed E-state index contributed by atoms with van der Waals surface area (Å²) in [6.07, 6.45) is 8.59. The molecule has 0 spiro atoms. The predicted octanol–water partition coefficient (Wildman–Crippen LogP) is 3.13. The molecular formula is C9H16OS. The molecule has 0 bridgehead atoms. The molecule has 0 heterocycles. The summed E-state index contributed by atoms with van der Waals surface area (Å²) in [7, 11) is 0. The Morgan fingerprint density at radius 2 is 2.55 bits per heavy atom. The minimum absolute atomic E-state index is 0.366. The fourth-order valence-corrected chi connectivity index (χ4v) is 1.75. The smallest absolute Gasteiger partial charge is 0.0759 e. The van der Waals surface area contributed by atoms with Gasteiger partial charge in [0.1, 0.15) is 0 Å². The van der Waals surface area contributed by atoms with Gasteiger partial charge in [-0.05, 0) is 38.6 Å². The van der Waals surface area contributed by atoms with E-state index in [4.69, 9.17) is 4.18 Å². The maximum Gasteiger partial charge on any atom is 0.0759 e. The average molecular weight is 172 g/mol. The quantitative estimate of drug-likeness (QED) is 0.391. The van der Waals surface area contributed by atoms with E-state index in [1.54, 1.807) is 5.57 Å². The molecule has 1 rings (SSSR count). The molecule has 0 aromatic carbocycles. The molecule has 0 amide bonds. The molecule has 0 radical (unpaired) electrons. The molecule has 1 atom stereocenters. The SMILES string of the molecule is CCCC1=CCCC(OS)C1. The molecule has 2 heteroatoms. The van der Waals surface area contributed by atoms with Gasteiger partial charge < -0.3 is 4.18 Å². The van der Waals surface area contributed by atoms with Crippen molar-refractivity contribution in [2.24, 2.45) is 0 Å². The minimum Gasteiger partial charge on any atom is -0.315 e. The number of allylic oxidation sites excluding steroid dienone is 1. The van der Waals surface area contributed by atoms with Crippen LogP contribution >= 0.6 is 12.9 Å². The number of rotatable bonds is 3. The molecule has 0 aromatic rings. The standard InChI is InChI=1S/C9H16OS/c1-2-4-8-5-3-6-9(7-8)10-11/h5,9,11H,2-4,6-7H2,1H3. The molecule has 1 aliphatic rings. The van der Waals surface area contributed by atoms with Crippen LogP contribution in [0.15, 0.2) is 11.6 Å². The summed E-state index contributed by atoms with van der Waals surface area (Å²) in [6, 6.07) is 0. The molecule has 1 nitrogen and oxygen atoms in total. The van der Waals surface area contributed by atoms with E-state index in [1.807, 2.05) is 0 Å². The summed E-state index contributed by atoms with van der Waals surface area (Å²) >= 11 is 3.85. The topological polar surface area (TPSA) is 9.23 Å². The van der Waals surface area contributed by atoms with Crippen molar-refractivity contribution >= 4 is 12.9 Å². The van der Waals surface area contributed by atoms with Gasteiger partial charge in [0.05, 0.1) is 6.10 Å². The van der Waals surface area contributed by atoms with Crippen LogP contribution in [0.2, 0.25) is 0 Å². The summed E-state index contributed by atoms with van der Waals surface area (Å²) < 4.78 is 5.02. The molecule has 64 valence electrons. The van der Waals surface area contributed by atoms with E-state index in [0.29, 0.717) is 6.10 Å². The van der Waals surface area contributed by atoms with Crippen LogP contribution in [0.5, 0.6) is 0 Å². The van der Waals surface area contributed by atoms with Crippen molar-refractivity contribution in [3.63, 3.8) is 0 Å². The lowest BCUT2D eigenvalue weighted by Gasteiger charge is -2.20. The van der Waals surface area contributed by atoms with Crippen molar-refractivity contribution in [1.82, 2.24) is 0 Å². The van der Waals surface area contributed by atoms with Gasteiger partial charge in [0, 0.05) is 0 Å². The molecule has 0 aromatic heterocycles. The third kappa shape index (κ3) is 2.88. The van der Waals surface area contributed by atoms with E-state index in [1.165, 1.54) is 19.3 Å². The van der Waals surface area contributed by atoms with E-state index in [9.17, 15) is 0 Å². The molecule has 0 aliphatic heterocycles. The van der Waals surface area contributed by atoms with Crippen molar-refractivity contribution < 1.29 is 4.18 Å². The zero-order valence-electron chi connectivity index (χ0n) is 7.05. The van der Waals surface area contributed by atoms with Crippen LogP contribution in [0.1, 0.15) is 39.0 Å². The molecule has 1 aliphatic carbocycles. The third-order valence-electron chi connectivity index (χ3n) is 2.13. The first-order valence-electron chi connectivity index (χ1n) is 4.35. The maximum atomic E-state index is 5.02. The molecule has 11 heavy (non-hydrogen) atoms. The third-order valence-corrected chi connectivity index (χ3v) is 2.43. The first-order valence-corrected chi connectivity index (χ1v) is 4.71. The summed E-state index contributed by atoms with van der Waals surface area (Å²) in [4.78, 5) is 0. The van der Waals surface area contributed by atoms with E-state index in [0.717, 1.165) is 12.8 Å². The summed E-state index contributed by atoms with van der Waals surface area (Å²) in [5, 5.41) is 0. The highest BCUT2D eigenvalue weighted by atomic mass is 32.1. The monoisotopic (exact) mass is 172 g/mol. The van der Waals surface area contributed by atoms with Gasteiger partial charge in [-0.1, -0.05) is 25.0 Å². The van der Waals surface area contributed by atoms with Crippen molar-refractivity contribution in [3.8, 4) is 0 Å². The van der Waals surface area contributed by atoms with E-state index < -0.39 is 0 Å². The Kier molecular flexibility index (Phi) is 4.02. The highest BCUT2D eigenvalue weighted by Gasteiger charge is 2.13. The van der Waals surface area contributed by atoms with Crippen LogP contribution < -0.4 is 0 Å². The Morgan fingerprint density at radius 1 is 1.73 bits per heavy atom. The van der Waals surface area contributed by atoms with Crippen molar-refractivity contribution in [2.75, 3.05) is 0 Å². The molecule has 0 fully saturated rings. The molecular weight excluding hydrogens is 156 g/mol. The van der Waals surface area contributed by atoms with Crippen LogP contribution in [-0.2, 0) is 4.18 Å². The lowest BCUT2D eigenvalue weighted by Crippen LogP contribution is -2.12. The maximum absolute atomic E-state index is 5.02. The van der Waals surface area contributed by atoms with Crippen LogP contribution in [0.4, 0.5) is 0 Å². The van der Waals surface area contributed by atoms with Gasteiger partial charge in [-0.15, -0.1) is 0 Å². The Bertz CT molecular complexity index is 142. The van der Waals surface area contributed by atoms with Gasteiger partial charge in [0.15, 0.2) is 0 Å². The Hall–Kier alpha value is 0.0500. The predicted molar refractivity (Wildman–Crippen MR) is 50.7 cm³/mol. The second-order valence-corrected chi connectivity index (χ2v) is 3.33. The zero-order chi connectivity index (χ0) is 8.10. The van der Waals surface area contributed by atoms with Gasteiger partial charge >= 0.3 is 0 Å². The normalized spacial score (nSPS) is 24.9. The van der Waals surface area contributed by atoms with Crippen LogP contribution in [0, 0.1) is 0 Å². The van der Waals surface area contributed by atoms with Crippen molar-refractivity contribution in [3.05, 3.63) is 11.6 Å². The highest BCUT2D eigenvalue weighted by Crippen LogP contribution is 2.24. The number of hydrogen-bond acceptors (Lipinski definition) is 2. The van der Waals surface area contributed by atoms with E-state index in [2.05, 4.69) is 25.9 Å². The number of thiol groups is 1. The van der Waals surface area contributed by atoms with E-state index in [-0.39, 0.29) is 0 Å². The zero-order valence-corrected chi connectivity index (χ0v) is 7.94. The lowest BCUT2D eigenvalue weighted by molar-refractivity contribution is 0.226. The first kappa shape index (κ1) is 9.14. The molecule has 0 saturated carbocycles. The fourth-order valence-electron chi connectivity index (χ4n) is 1.57. The largest absolute Gasteiger partial charge is 0.315 e. The first-order chi connectivity index (χ1) is 5.36. The summed E-state index contributed by atoms with van der Waals surface area (Å²) in [5.74, 6) is 0. The van der Waals surface area contributed by atoms with E-state index >= 15 is 0 Å². The van der Waals surface area contributed by atoms with Crippen LogP contribution in [0.25, 0.3) is 0 Å². The van der Waals surface area contributed by atoms with Crippen LogP contribution in [-0.4, -0.2) is 6.10 Å². The fraction of sp³-hybridized carbons (Fsp3) is 0.778. The van der Waals surface area contributed by atoms with Crippen LogP contribution in [0.3, 0.4) is 0 Å². The molecule has 1 unspecified atom stereocenters. The number of hydrogen-bond donors (Lipinski definition) is 1.